The molecule has 0 N–H and O–H groups in total. The van der Waals surface area contributed by atoms with Crippen LogP contribution in [0, 0.1) is 5.92 Å². The molecule has 0 radical (unpaired) electrons. The fraction of sp³-hybridized carbons (Fsp3) is 0.941. The molecule has 0 heterocycles. The van der Waals surface area contributed by atoms with Crippen LogP contribution in [0.1, 0.15) is 91.4 Å². The minimum atomic E-state index is 0.0206. The van der Waals surface area contributed by atoms with Gasteiger partial charge in [0.2, 0.25) is 0 Å². The Kier molecular flexibility index (Phi) is 13.5. The third kappa shape index (κ3) is 11.0. The highest BCUT2D eigenvalue weighted by atomic mass is 16.5. The van der Waals surface area contributed by atoms with Gasteiger partial charge in [-0.15, -0.1) is 0 Å². The number of carbonyl (C=O) groups is 1. The smallest absolute Gasteiger partial charge is 0.308 e. The lowest BCUT2D eigenvalue weighted by atomic mass is 10.0. The van der Waals surface area contributed by atoms with Gasteiger partial charge in [0.25, 0.3) is 0 Å². The zero-order valence-corrected chi connectivity index (χ0v) is 13.4. The monoisotopic (exact) mass is 270 g/mol. The standard InChI is InChI=1S/C17H34O2/c1-4-7-8-9-10-11-12-13-15-19-17(18)16(6-3)14-5-2/h16H,4-15H2,1-3H3. The molecule has 0 rings (SSSR count). The van der Waals surface area contributed by atoms with Crippen molar-refractivity contribution in [3.8, 4) is 0 Å². The van der Waals surface area contributed by atoms with Crippen molar-refractivity contribution in [1.29, 1.82) is 0 Å². The van der Waals surface area contributed by atoms with Crippen LogP contribution in [0.25, 0.3) is 0 Å². The number of esters is 1. The van der Waals surface area contributed by atoms with Gasteiger partial charge in [-0.2, -0.15) is 0 Å². The highest BCUT2D eigenvalue weighted by molar-refractivity contribution is 5.72. The first kappa shape index (κ1) is 18.5. The van der Waals surface area contributed by atoms with Crippen molar-refractivity contribution in [3.05, 3.63) is 0 Å². The molecule has 0 spiro atoms. The van der Waals surface area contributed by atoms with Gasteiger partial charge < -0.3 is 4.74 Å². The van der Waals surface area contributed by atoms with Crippen molar-refractivity contribution in [1.82, 2.24) is 0 Å². The molecule has 0 aromatic carbocycles. The lowest BCUT2D eigenvalue weighted by Gasteiger charge is -2.12. The number of hydrogen-bond acceptors (Lipinski definition) is 2. The van der Waals surface area contributed by atoms with Crippen molar-refractivity contribution in [2.75, 3.05) is 6.61 Å². The van der Waals surface area contributed by atoms with E-state index in [9.17, 15) is 4.79 Å². The van der Waals surface area contributed by atoms with E-state index < -0.39 is 0 Å². The van der Waals surface area contributed by atoms with E-state index in [1.54, 1.807) is 0 Å². The van der Waals surface area contributed by atoms with Gasteiger partial charge in [-0.05, 0) is 19.3 Å². The molecule has 0 saturated heterocycles. The Morgan fingerprint density at radius 3 is 1.95 bits per heavy atom. The van der Waals surface area contributed by atoms with Crippen molar-refractivity contribution in [2.24, 2.45) is 5.92 Å². The maximum absolute atomic E-state index is 11.7. The molecule has 0 bridgehead atoms. The van der Waals surface area contributed by atoms with Gasteiger partial charge in [0.1, 0.15) is 0 Å². The van der Waals surface area contributed by atoms with Crippen LogP contribution in [-0.4, -0.2) is 12.6 Å². The van der Waals surface area contributed by atoms with E-state index >= 15 is 0 Å². The summed E-state index contributed by atoms with van der Waals surface area (Å²) >= 11 is 0. The fourth-order valence-corrected chi connectivity index (χ4v) is 2.36. The molecule has 1 unspecified atom stereocenters. The molecule has 0 aromatic heterocycles. The SMILES string of the molecule is CCCCCCCCCCOC(=O)C(CC)CCC. The second-order valence-corrected chi connectivity index (χ2v) is 5.54. The minimum Gasteiger partial charge on any atom is -0.465 e. The normalized spacial score (nSPS) is 12.4. The average Bonchev–Trinajstić information content (AvgIpc) is 2.42. The van der Waals surface area contributed by atoms with Crippen molar-refractivity contribution < 1.29 is 9.53 Å². The summed E-state index contributed by atoms with van der Waals surface area (Å²) in [6, 6.07) is 0. The first-order chi connectivity index (χ1) is 9.26. The zero-order valence-electron chi connectivity index (χ0n) is 13.4. The Labute approximate surface area is 120 Å². The number of hydrogen-bond donors (Lipinski definition) is 0. The van der Waals surface area contributed by atoms with E-state index in [-0.39, 0.29) is 11.9 Å². The molecule has 0 aromatic rings. The highest BCUT2D eigenvalue weighted by Crippen LogP contribution is 2.13. The van der Waals surface area contributed by atoms with Crippen LogP contribution in [-0.2, 0) is 9.53 Å². The molecule has 0 aliphatic rings. The molecule has 0 aliphatic heterocycles. The quantitative estimate of drug-likeness (QED) is 0.326. The van der Waals surface area contributed by atoms with Crippen LogP contribution >= 0.6 is 0 Å². The molecule has 0 fully saturated rings. The van der Waals surface area contributed by atoms with Gasteiger partial charge in [0.05, 0.1) is 12.5 Å². The molecule has 1 atom stereocenters. The molecule has 2 heteroatoms. The Morgan fingerprint density at radius 1 is 0.842 bits per heavy atom. The van der Waals surface area contributed by atoms with Crippen LogP contribution in [0.2, 0.25) is 0 Å². The average molecular weight is 270 g/mol. The van der Waals surface area contributed by atoms with Crippen molar-refractivity contribution in [2.45, 2.75) is 91.4 Å². The van der Waals surface area contributed by atoms with E-state index in [1.807, 2.05) is 0 Å². The lowest BCUT2D eigenvalue weighted by Crippen LogP contribution is -2.17. The Balaban J connectivity index is 3.35. The third-order valence-electron chi connectivity index (χ3n) is 3.71. The molecule has 19 heavy (non-hydrogen) atoms. The third-order valence-corrected chi connectivity index (χ3v) is 3.71. The summed E-state index contributed by atoms with van der Waals surface area (Å²) in [4.78, 5) is 11.7. The predicted molar refractivity (Wildman–Crippen MR) is 82.3 cm³/mol. The van der Waals surface area contributed by atoms with Gasteiger partial charge >= 0.3 is 5.97 Å². The van der Waals surface area contributed by atoms with Gasteiger partial charge in [-0.25, -0.2) is 0 Å². The molecule has 0 saturated carbocycles. The lowest BCUT2D eigenvalue weighted by molar-refractivity contribution is -0.149. The Bertz CT molecular complexity index is 201. The number of unbranched alkanes of at least 4 members (excludes halogenated alkanes) is 7. The largest absolute Gasteiger partial charge is 0.465 e. The van der Waals surface area contributed by atoms with E-state index in [4.69, 9.17) is 4.74 Å². The van der Waals surface area contributed by atoms with Crippen LogP contribution in [0.4, 0.5) is 0 Å². The highest BCUT2D eigenvalue weighted by Gasteiger charge is 2.16. The first-order valence-electron chi connectivity index (χ1n) is 8.42. The summed E-state index contributed by atoms with van der Waals surface area (Å²) in [7, 11) is 0. The maximum Gasteiger partial charge on any atom is 0.308 e. The topological polar surface area (TPSA) is 26.3 Å². The number of ether oxygens (including phenoxy) is 1. The van der Waals surface area contributed by atoms with Crippen LogP contribution < -0.4 is 0 Å². The summed E-state index contributed by atoms with van der Waals surface area (Å²) in [5.41, 5.74) is 0. The summed E-state index contributed by atoms with van der Waals surface area (Å²) in [6.45, 7) is 7.05. The van der Waals surface area contributed by atoms with Crippen LogP contribution in [0.15, 0.2) is 0 Å². The van der Waals surface area contributed by atoms with Crippen LogP contribution in [0.3, 0.4) is 0 Å². The van der Waals surface area contributed by atoms with E-state index in [2.05, 4.69) is 20.8 Å². The summed E-state index contributed by atoms with van der Waals surface area (Å²) in [5, 5.41) is 0. The molecule has 0 aliphatic carbocycles. The maximum atomic E-state index is 11.7. The number of rotatable bonds is 13. The fourth-order valence-electron chi connectivity index (χ4n) is 2.36. The molecular weight excluding hydrogens is 236 g/mol. The summed E-state index contributed by atoms with van der Waals surface area (Å²) < 4.78 is 5.35. The van der Waals surface area contributed by atoms with Crippen molar-refractivity contribution in [3.63, 3.8) is 0 Å². The summed E-state index contributed by atoms with van der Waals surface area (Å²) in [6.07, 6.45) is 13.2. The van der Waals surface area contributed by atoms with Gasteiger partial charge in [0, 0.05) is 0 Å². The molecule has 114 valence electrons. The number of carbonyl (C=O) groups excluding carboxylic acids is 1. The first-order valence-corrected chi connectivity index (χ1v) is 8.42. The Morgan fingerprint density at radius 2 is 1.42 bits per heavy atom. The zero-order chi connectivity index (χ0) is 14.3. The van der Waals surface area contributed by atoms with E-state index in [1.165, 1.54) is 44.9 Å². The predicted octanol–water partition coefficient (Wildman–Crippen LogP) is 5.50. The van der Waals surface area contributed by atoms with E-state index in [0.717, 1.165) is 25.7 Å². The second kappa shape index (κ2) is 13.9. The molecule has 0 amide bonds. The van der Waals surface area contributed by atoms with Crippen molar-refractivity contribution >= 4 is 5.97 Å². The second-order valence-electron chi connectivity index (χ2n) is 5.54. The van der Waals surface area contributed by atoms with E-state index in [0.29, 0.717) is 6.61 Å². The Hall–Kier alpha value is -0.530. The van der Waals surface area contributed by atoms with Crippen LogP contribution in [0.5, 0.6) is 0 Å². The molecular formula is C17H34O2. The minimum absolute atomic E-state index is 0.0206. The molecule has 2 nitrogen and oxygen atoms in total. The van der Waals surface area contributed by atoms with Gasteiger partial charge in [0.15, 0.2) is 0 Å². The van der Waals surface area contributed by atoms with Gasteiger partial charge in [-0.3, -0.25) is 4.79 Å². The summed E-state index contributed by atoms with van der Waals surface area (Å²) in [5.74, 6) is 0.145. The van der Waals surface area contributed by atoms with Gasteiger partial charge in [-0.1, -0.05) is 72.1 Å².